The Kier molecular flexibility index (Phi) is 3.49. The average Bonchev–Trinajstić information content (AvgIpc) is 2.36. The highest BCUT2D eigenvalue weighted by atomic mass is 16.7. The Bertz CT molecular complexity index is 149. The van der Waals surface area contributed by atoms with Gasteiger partial charge in [-0.15, -0.1) is 5.06 Å². The van der Waals surface area contributed by atoms with E-state index in [2.05, 4.69) is 4.84 Å². The lowest BCUT2D eigenvalue weighted by molar-refractivity contribution is -0.170. The summed E-state index contributed by atoms with van der Waals surface area (Å²) < 4.78 is 5.55. The van der Waals surface area contributed by atoms with Gasteiger partial charge in [-0.2, -0.15) is 0 Å². The molecule has 1 unspecified atom stereocenters. The first-order chi connectivity index (χ1) is 5.72. The van der Waals surface area contributed by atoms with E-state index >= 15 is 0 Å². The number of carbonyl (C=O) groups excluding carboxylic acids is 1. The molecular weight excluding hydrogens is 158 g/mol. The number of carbonyl (C=O) groups is 1. The van der Waals surface area contributed by atoms with E-state index in [1.807, 2.05) is 13.8 Å². The lowest BCUT2D eigenvalue weighted by Gasteiger charge is -2.15. The topological polar surface area (TPSA) is 38.8 Å². The highest BCUT2D eigenvalue weighted by Gasteiger charge is 2.24. The average molecular weight is 173 g/mol. The van der Waals surface area contributed by atoms with E-state index in [0.29, 0.717) is 13.0 Å². The van der Waals surface area contributed by atoms with Gasteiger partial charge in [-0.25, -0.2) is 0 Å². The second-order valence-electron chi connectivity index (χ2n) is 3.19. The molecule has 1 heterocycles. The zero-order valence-corrected chi connectivity index (χ0v) is 7.53. The van der Waals surface area contributed by atoms with Gasteiger partial charge in [0, 0.05) is 6.54 Å². The van der Waals surface area contributed by atoms with Crippen LogP contribution in [0.25, 0.3) is 0 Å². The summed E-state index contributed by atoms with van der Waals surface area (Å²) in [4.78, 5) is 14.7. The molecule has 1 saturated heterocycles. The molecule has 4 nitrogen and oxygen atoms in total. The molecule has 0 aromatic heterocycles. The molecular formula is C8H15NO3. The maximum absolute atomic E-state index is 9.99. The van der Waals surface area contributed by atoms with Crippen LogP contribution in [-0.2, 0) is 14.4 Å². The van der Waals surface area contributed by atoms with Crippen molar-refractivity contribution in [1.29, 1.82) is 0 Å². The Morgan fingerprint density at radius 2 is 2.33 bits per heavy atom. The smallest absolute Gasteiger partial charge is 0.312 e. The summed E-state index contributed by atoms with van der Waals surface area (Å²) in [6, 6.07) is 0. The Hall–Kier alpha value is -0.610. The zero-order chi connectivity index (χ0) is 8.97. The molecule has 0 saturated carbocycles. The molecule has 0 radical (unpaired) electrons. The van der Waals surface area contributed by atoms with Crippen molar-refractivity contribution in [3.05, 3.63) is 0 Å². The molecule has 0 aromatic carbocycles. The monoisotopic (exact) mass is 173 g/mol. The Morgan fingerprint density at radius 3 is 2.92 bits per heavy atom. The fourth-order valence-electron chi connectivity index (χ4n) is 1.35. The molecule has 0 bridgehead atoms. The molecule has 0 N–H and O–H groups in total. The van der Waals surface area contributed by atoms with E-state index in [0.717, 1.165) is 13.0 Å². The van der Waals surface area contributed by atoms with Crippen LogP contribution >= 0.6 is 0 Å². The van der Waals surface area contributed by atoms with Crippen molar-refractivity contribution in [2.24, 2.45) is 0 Å². The van der Waals surface area contributed by atoms with Crippen molar-refractivity contribution in [3.8, 4) is 0 Å². The quantitative estimate of drug-likeness (QED) is 0.583. The minimum atomic E-state index is 0.213. The van der Waals surface area contributed by atoms with Crippen molar-refractivity contribution in [3.63, 3.8) is 0 Å². The highest BCUT2D eigenvalue weighted by Crippen LogP contribution is 2.13. The second kappa shape index (κ2) is 4.42. The minimum Gasteiger partial charge on any atom is -0.374 e. The number of hydroxylamine groups is 2. The number of rotatable bonds is 4. The highest BCUT2D eigenvalue weighted by molar-refractivity contribution is 5.36. The van der Waals surface area contributed by atoms with Gasteiger partial charge in [0.2, 0.25) is 0 Å². The van der Waals surface area contributed by atoms with Crippen LogP contribution in [0, 0.1) is 0 Å². The summed E-state index contributed by atoms with van der Waals surface area (Å²) in [5, 5.41) is 1.63. The van der Waals surface area contributed by atoms with Gasteiger partial charge in [0.05, 0.1) is 18.8 Å². The zero-order valence-electron chi connectivity index (χ0n) is 7.53. The van der Waals surface area contributed by atoms with Crippen molar-refractivity contribution in [1.82, 2.24) is 5.06 Å². The van der Waals surface area contributed by atoms with E-state index in [1.54, 1.807) is 5.06 Å². The first-order valence-corrected chi connectivity index (χ1v) is 4.23. The lowest BCUT2D eigenvalue weighted by atomic mass is 10.3. The maximum atomic E-state index is 9.99. The molecule has 0 spiro atoms. The van der Waals surface area contributed by atoms with E-state index < -0.39 is 0 Å². The van der Waals surface area contributed by atoms with E-state index in [4.69, 9.17) is 4.74 Å². The predicted octanol–water partition coefficient (Wildman–Crippen LogP) is 0.574. The molecule has 0 aliphatic carbocycles. The van der Waals surface area contributed by atoms with Crippen LogP contribution < -0.4 is 0 Å². The van der Waals surface area contributed by atoms with E-state index in [-0.39, 0.29) is 12.2 Å². The molecule has 1 aliphatic heterocycles. The molecule has 0 amide bonds. The van der Waals surface area contributed by atoms with E-state index in [9.17, 15) is 4.79 Å². The third-order valence-electron chi connectivity index (χ3n) is 1.76. The maximum Gasteiger partial charge on any atom is 0.312 e. The third-order valence-corrected chi connectivity index (χ3v) is 1.76. The SMILES string of the molecule is CC(C)OC1CCN(OC=O)C1. The van der Waals surface area contributed by atoms with Crippen LogP contribution in [0.2, 0.25) is 0 Å². The van der Waals surface area contributed by atoms with Crippen LogP contribution in [0.1, 0.15) is 20.3 Å². The van der Waals surface area contributed by atoms with Gasteiger partial charge < -0.3 is 9.57 Å². The predicted molar refractivity (Wildman–Crippen MR) is 43.3 cm³/mol. The Labute approximate surface area is 72.4 Å². The number of hydrogen-bond donors (Lipinski definition) is 0. The van der Waals surface area contributed by atoms with Crippen LogP contribution in [0.5, 0.6) is 0 Å². The Morgan fingerprint density at radius 1 is 1.58 bits per heavy atom. The summed E-state index contributed by atoms with van der Waals surface area (Å²) in [6.07, 6.45) is 1.39. The molecule has 4 heteroatoms. The summed E-state index contributed by atoms with van der Waals surface area (Å²) in [6.45, 7) is 5.93. The minimum absolute atomic E-state index is 0.213. The van der Waals surface area contributed by atoms with Gasteiger partial charge in [0.25, 0.3) is 0 Å². The van der Waals surface area contributed by atoms with Gasteiger partial charge in [-0.05, 0) is 20.3 Å². The van der Waals surface area contributed by atoms with Gasteiger partial charge in [-0.1, -0.05) is 0 Å². The summed E-state index contributed by atoms with van der Waals surface area (Å²) >= 11 is 0. The van der Waals surface area contributed by atoms with Crippen LogP contribution in [0.3, 0.4) is 0 Å². The Balaban J connectivity index is 2.21. The van der Waals surface area contributed by atoms with Crippen LogP contribution in [0.15, 0.2) is 0 Å². The van der Waals surface area contributed by atoms with Gasteiger partial charge in [0.1, 0.15) is 0 Å². The van der Waals surface area contributed by atoms with Crippen LogP contribution in [0.4, 0.5) is 0 Å². The fourth-order valence-corrected chi connectivity index (χ4v) is 1.35. The van der Waals surface area contributed by atoms with Crippen LogP contribution in [-0.4, -0.2) is 36.8 Å². The molecule has 1 rings (SSSR count). The van der Waals surface area contributed by atoms with Gasteiger partial charge in [-0.3, -0.25) is 4.79 Å². The molecule has 1 aliphatic rings. The molecule has 0 aromatic rings. The van der Waals surface area contributed by atoms with Crippen molar-refractivity contribution >= 4 is 6.47 Å². The van der Waals surface area contributed by atoms with Crippen molar-refractivity contribution in [2.45, 2.75) is 32.5 Å². The number of ether oxygens (including phenoxy) is 1. The summed E-state index contributed by atoms with van der Waals surface area (Å²) in [5.41, 5.74) is 0. The number of hydrogen-bond acceptors (Lipinski definition) is 4. The van der Waals surface area contributed by atoms with E-state index in [1.165, 1.54) is 0 Å². The number of nitrogens with zero attached hydrogens (tertiary/aromatic N) is 1. The van der Waals surface area contributed by atoms with Gasteiger partial charge in [0.15, 0.2) is 0 Å². The van der Waals surface area contributed by atoms with Crippen molar-refractivity contribution in [2.75, 3.05) is 13.1 Å². The summed E-state index contributed by atoms with van der Waals surface area (Å²) in [7, 11) is 0. The standard InChI is InChI=1S/C8H15NO3/c1-7(2)12-8-3-4-9(5-8)11-6-10/h6-8H,3-5H2,1-2H3. The molecule has 12 heavy (non-hydrogen) atoms. The first-order valence-electron chi connectivity index (χ1n) is 4.23. The molecule has 70 valence electrons. The first kappa shape index (κ1) is 9.48. The lowest BCUT2D eigenvalue weighted by Crippen LogP contribution is -2.24. The largest absolute Gasteiger partial charge is 0.374 e. The third kappa shape index (κ3) is 2.79. The normalized spacial score (nSPS) is 24.8. The fraction of sp³-hybridized carbons (Fsp3) is 0.875. The van der Waals surface area contributed by atoms with Gasteiger partial charge >= 0.3 is 6.47 Å². The second-order valence-corrected chi connectivity index (χ2v) is 3.19. The molecule has 1 atom stereocenters. The summed E-state index contributed by atoms with van der Waals surface area (Å²) in [5.74, 6) is 0. The van der Waals surface area contributed by atoms with Crippen molar-refractivity contribution < 1.29 is 14.4 Å². The molecule has 1 fully saturated rings.